The Balaban J connectivity index is 2.13. The van der Waals surface area contributed by atoms with Crippen molar-refractivity contribution in [1.82, 2.24) is 0 Å². The number of carbonyl (C=O) groups is 2. The molecule has 3 unspecified atom stereocenters. The molecular weight excluding hydrogens is 286 g/mol. The maximum atomic E-state index is 11.2. The van der Waals surface area contributed by atoms with Gasteiger partial charge in [-0.05, 0) is 23.8 Å². The van der Waals surface area contributed by atoms with Crippen LogP contribution in [0.15, 0.2) is 36.4 Å². The summed E-state index contributed by atoms with van der Waals surface area (Å²) in [6.45, 7) is 2.66. The summed E-state index contributed by atoms with van der Waals surface area (Å²) in [7, 11) is 0. The summed E-state index contributed by atoms with van der Waals surface area (Å²) >= 11 is 0. The van der Waals surface area contributed by atoms with Crippen LogP contribution in [0.2, 0.25) is 0 Å². The van der Waals surface area contributed by atoms with E-state index in [9.17, 15) is 9.59 Å². The zero-order valence-electron chi connectivity index (χ0n) is 12.5. The molecule has 0 fully saturated rings. The number of carbonyl (C=O) groups excluding carboxylic acids is 2. The van der Waals surface area contributed by atoms with E-state index < -0.39 is 24.1 Å². The largest absolute Gasteiger partial charge is 0.463 e. The van der Waals surface area contributed by atoms with E-state index in [2.05, 4.69) is 0 Å². The molecule has 2 N–H and O–H groups in total. The zero-order valence-corrected chi connectivity index (χ0v) is 12.5. The number of nitrogens with two attached hydrogens (primary N) is 1. The van der Waals surface area contributed by atoms with Crippen molar-refractivity contribution in [2.45, 2.75) is 32.2 Å². The standard InChI is InChI=1S/C16H19NO5/c1-10(18)20-9-16-15(21-11(2)19)8-7-14(22-16)12-3-5-13(17)6-4-12/h3-8,14-16H,9,17H2,1-2H3. The second-order valence-electron chi connectivity index (χ2n) is 5.02. The summed E-state index contributed by atoms with van der Waals surface area (Å²) in [5.74, 6) is -0.833. The second-order valence-corrected chi connectivity index (χ2v) is 5.02. The molecule has 1 aromatic carbocycles. The third-order valence-electron chi connectivity index (χ3n) is 3.18. The van der Waals surface area contributed by atoms with Gasteiger partial charge in [-0.25, -0.2) is 0 Å². The Morgan fingerprint density at radius 3 is 2.41 bits per heavy atom. The molecule has 3 atom stereocenters. The van der Waals surface area contributed by atoms with Gasteiger partial charge in [-0.3, -0.25) is 9.59 Å². The predicted molar refractivity (Wildman–Crippen MR) is 79.8 cm³/mol. The van der Waals surface area contributed by atoms with Gasteiger partial charge < -0.3 is 19.9 Å². The maximum absolute atomic E-state index is 11.2. The summed E-state index contributed by atoms with van der Waals surface area (Å²) in [6.07, 6.45) is 2.11. The first kappa shape index (κ1) is 16.0. The molecule has 1 aliphatic heterocycles. The number of hydrogen-bond donors (Lipinski definition) is 1. The van der Waals surface area contributed by atoms with Gasteiger partial charge in [0.1, 0.15) is 24.9 Å². The summed E-state index contributed by atoms with van der Waals surface area (Å²) in [4.78, 5) is 22.1. The normalized spacial score (nSPS) is 23.8. The van der Waals surface area contributed by atoms with Crippen molar-refractivity contribution in [3.63, 3.8) is 0 Å². The van der Waals surface area contributed by atoms with E-state index in [1.165, 1.54) is 13.8 Å². The van der Waals surface area contributed by atoms with Crippen LogP contribution in [0, 0.1) is 0 Å². The molecular formula is C16H19NO5. The van der Waals surface area contributed by atoms with Crippen molar-refractivity contribution in [2.75, 3.05) is 12.3 Å². The number of ether oxygens (including phenoxy) is 3. The van der Waals surface area contributed by atoms with E-state index >= 15 is 0 Å². The number of hydrogen-bond acceptors (Lipinski definition) is 6. The van der Waals surface area contributed by atoms with Crippen molar-refractivity contribution in [1.29, 1.82) is 0 Å². The molecule has 0 saturated carbocycles. The molecule has 0 saturated heterocycles. The average molecular weight is 305 g/mol. The molecule has 118 valence electrons. The van der Waals surface area contributed by atoms with Gasteiger partial charge in [-0.1, -0.05) is 18.2 Å². The number of esters is 2. The third-order valence-corrected chi connectivity index (χ3v) is 3.18. The van der Waals surface area contributed by atoms with Crippen LogP contribution in [0.3, 0.4) is 0 Å². The minimum Gasteiger partial charge on any atom is -0.463 e. The Labute approximate surface area is 128 Å². The number of rotatable bonds is 4. The van der Waals surface area contributed by atoms with Gasteiger partial charge in [0.15, 0.2) is 0 Å². The van der Waals surface area contributed by atoms with Crippen LogP contribution in [0.4, 0.5) is 5.69 Å². The topological polar surface area (TPSA) is 87.8 Å². The van der Waals surface area contributed by atoms with Crippen LogP contribution < -0.4 is 5.73 Å². The first-order valence-electron chi connectivity index (χ1n) is 6.95. The van der Waals surface area contributed by atoms with Crippen molar-refractivity contribution < 1.29 is 23.8 Å². The minimum atomic E-state index is -0.582. The summed E-state index contributed by atoms with van der Waals surface area (Å²) in [5.41, 5.74) is 7.25. The molecule has 0 bridgehead atoms. The van der Waals surface area contributed by atoms with Crippen LogP contribution in [-0.4, -0.2) is 30.8 Å². The van der Waals surface area contributed by atoms with E-state index in [0.717, 1.165) is 5.56 Å². The van der Waals surface area contributed by atoms with Crippen molar-refractivity contribution in [3.8, 4) is 0 Å². The lowest BCUT2D eigenvalue weighted by atomic mass is 10.0. The molecule has 0 spiro atoms. The second kappa shape index (κ2) is 7.09. The molecule has 0 amide bonds. The molecule has 1 aliphatic rings. The molecule has 6 heteroatoms. The van der Waals surface area contributed by atoms with Gasteiger partial charge >= 0.3 is 11.9 Å². The zero-order chi connectivity index (χ0) is 16.1. The minimum absolute atomic E-state index is 0.0170. The highest BCUT2D eigenvalue weighted by Crippen LogP contribution is 2.28. The molecule has 0 radical (unpaired) electrons. The van der Waals surface area contributed by atoms with Crippen LogP contribution in [0.5, 0.6) is 0 Å². The number of benzene rings is 1. The van der Waals surface area contributed by atoms with Gasteiger partial charge in [0.2, 0.25) is 0 Å². The maximum Gasteiger partial charge on any atom is 0.303 e. The fourth-order valence-corrected chi connectivity index (χ4v) is 2.16. The quantitative estimate of drug-likeness (QED) is 0.518. The molecule has 22 heavy (non-hydrogen) atoms. The van der Waals surface area contributed by atoms with Crippen molar-refractivity contribution in [2.24, 2.45) is 0 Å². The predicted octanol–water partition coefficient (Wildman–Crippen LogP) is 1.76. The van der Waals surface area contributed by atoms with Gasteiger partial charge in [0, 0.05) is 19.5 Å². The Morgan fingerprint density at radius 1 is 1.14 bits per heavy atom. The van der Waals surface area contributed by atoms with Gasteiger partial charge in [-0.2, -0.15) is 0 Å². The molecule has 2 rings (SSSR count). The lowest BCUT2D eigenvalue weighted by Crippen LogP contribution is -2.39. The lowest BCUT2D eigenvalue weighted by Gasteiger charge is -2.31. The van der Waals surface area contributed by atoms with Crippen molar-refractivity contribution >= 4 is 17.6 Å². The van der Waals surface area contributed by atoms with E-state index in [1.54, 1.807) is 18.2 Å². The smallest absolute Gasteiger partial charge is 0.303 e. The molecule has 1 aromatic rings. The van der Waals surface area contributed by atoms with Gasteiger partial charge in [-0.15, -0.1) is 0 Å². The monoisotopic (exact) mass is 305 g/mol. The van der Waals surface area contributed by atoms with Crippen LogP contribution in [-0.2, 0) is 23.8 Å². The highest BCUT2D eigenvalue weighted by molar-refractivity contribution is 5.67. The van der Waals surface area contributed by atoms with Crippen LogP contribution in [0.25, 0.3) is 0 Å². The van der Waals surface area contributed by atoms with Crippen molar-refractivity contribution in [3.05, 3.63) is 42.0 Å². The molecule has 6 nitrogen and oxygen atoms in total. The van der Waals surface area contributed by atoms with E-state index in [0.29, 0.717) is 5.69 Å². The lowest BCUT2D eigenvalue weighted by molar-refractivity contribution is -0.163. The van der Waals surface area contributed by atoms with E-state index in [4.69, 9.17) is 19.9 Å². The summed E-state index contributed by atoms with van der Waals surface area (Å²) in [5, 5.41) is 0. The van der Waals surface area contributed by atoms with Gasteiger partial charge in [0.05, 0.1) is 0 Å². The van der Waals surface area contributed by atoms with E-state index in [-0.39, 0.29) is 12.7 Å². The third kappa shape index (κ3) is 4.33. The van der Waals surface area contributed by atoms with Gasteiger partial charge in [0.25, 0.3) is 0 Å². The summed E-state index contributed by atoms with van der Waals surface area (Å²) in [6, 6.07) is 7.29. The Morgan fingerprint density at radius 2 is 1.82 bits per heavy atom. The van der Waals surface area contributed by atoms with E-state index in [1.807, 2.05) is 18.2 Å². The van der Waals surface area contributed by atoms with Crippen LogP contribution in [0.1, 0.15) is 25.5 Å². The highest BCUT2D eigenvalue weighted by Gasteiger charge is 2.31. The highest BCUT2D eigenvalue weighted by atomic mass is 16.6. The number of anilines is 1. The molecule has 0 aromatic heterocycles. The molecule has 0 aliphatic carbocycles. The number of nitrogen functional groups attached to an aromatic ring is 1. The first-order valence-corrected chi connectivity index (χ1v) is 6.95. The average Bonchev–Trinajstić information content (AvgIpc) is 2.46. The summed E-state index contributed by atoms with van der Waals surface area (Å²) < 4.78 is 16.1. The first-order chi connectivity index (χ1) is 10.5. The fraction of sp³-hybridized carbons (Fsp3) is 0.375. The SMILES string of the molecule is CC(=O)OCC1OC(c2ccc(N)cc2)C=CC1OC(C)=O. The Kier molecular flexibility index (Phi) is 5.16. The molecule has 1 heterocycles. The Hall–Kier alpha value is -2.34. The Bertz CT molecular complexity index is 566. The fourth-order valence-electron chi connectivity index (χ4n) is 2.16. The van der Waals surface area contributed by atoms with Crippen LogP contribution >= 0.6 is 0 Å².